The largest absolute Gasteiger partial charge is 0.481 e. The van der Waals surface area contributed by atoms with Crippen molar-refractivity contribution in [1.29, 1.82) is 0 Å². The quantitative estimate of drug-likeness (QED) is 0.665. The Hall–Kier alpha value is -1.96. The number of hydrogen-bond donors (Lipinski definition) is 1. The zero-order valence-electron chi connectivity index (χ0n) is 11.4. The van der Waals surface area contributed by atoms with Crippen LogP contribution >= 0.6 is 11.3 Å². The maximum atomic E-state index is 12.5. The van der Waals surface area contributed by atoms with Gasteiger partial charge in [0.1, 0.15) is 0 Å². The number of carboxylic acid groups (broad SMARTS) is 1. The summed E-state index contributed by atoms with van der Waals surface area (Å²) in [5, 5.41) is 19.4. The van der Waals surface area contributed by atoms with E-state index in [0.717, 1.165) is 30.6 Å². The van der Waals surface area contributed by atoms with E-state index >= 15 is 0 Å². The molecule has 0 aromatic carbocycles. The molecule has 1 saturated heterocycles. The summed E-state index contributed by atoms with van der Waals surface area (Å²) >= 11 is 0.863. The Labute approximate surface area is 125 Å². The van der Waals surface area contributed by atoms with Gasteiger partial charge >= 0.3 is 11.0 Å². The molecule has 21 heavy (non-hydrogen) atoms. The number of likely N-dealkylation sites (tertiary alicyclic amines) is 1. The second-order valence-electron chi connectivity index (χ2n) is 4.98. The van der Waals surface area contributed by atoms with Crippen molar-refractivity contribution in [3.63, 3.8) is 0 Å². The van der Waals surface area contributed by atoms with E-state index in [9.17, 15) is 19.7 Å². The van der Waals surface area contributed by atoms with E-state index < -0.39 is 10.9 Å². The van der Waals surface area contributed by atoms with Crippen molar-refractivity contribution in [2.45, 2.75) is 38.1 Å². The highest BCUT2D eigenvalue weighted by Gasteiger charge is 2.29. The van der Waals surface area contributed by atoms with Crippen molar-refractivity contribution in [2.24, 2.45) is 0 Å². The van der Waals surface area contributed by atoms with Gasteiger partial charge in [-0.25, -0.2) is 0 Å². The van der Waals surface area contributed by atoms with Gasteiger partial charge in [-0.2, -0.15) is 0 Å². The molecule has 1 unspecified atom stereocenters. The monoisotopic (exact) mass is 312 g/mol. The lowest BCUT2D eigenvalue weighted by atomic mass is 9.97. The summed E-state index contributed by atoms with van der Waals surface area (Å²) in [6.07, 6.45) is 3.08. The van der Waals surface area contributed by atoms with E-state index in [1.807, 2.05) is 0 Å². The van der Waals surface area contributed by atoms with Crippen LogP contribution in [0.15, 0.2) is 12.1 Å². The molecule has 0 saturated carbocycles. The molecule has 7 nitrogen and oxygen atoms in total. The summed E-state index contributed by atoms with van der Waals surface area (Å²) in [5.74, 6) is -1.11. The highest BCUT2D eigenvalue weighted by Crippen LogP contribution is 2.28. The van der Waals surface area contributed by atoms with E-state index in [4.69, 9.17) is 5.11 Å². The molecule has 0 bridgehead atoms. The predicted molar refractivity (Wildman–Crippen MR) is 76.5 cm³/mol. The number of carboxylic acids is 1. The Morgan fingerprint density at radius 3 is 2.81 bits per heavy atom. The van der Waals surface area contributed by atoms with E-state index in [-0.39, 0.29) is 23.4 Å². The first kappa shape index (κ1) is 15.4. The maximum Gasteiger partial charge on any atom is 0.324 e. The predicted octanol–water partition coefficient (Wildman–Crippen LogP) is 2.52. The van der Waals surface area contributed by atoms with E-state index in [0.29, 0.717) is 17.8 Å². The molecule has 1 aromatic rings. The average Bonchev–Trinajstić information content (AvgIpc) is 2.94. The molecule has 1 N–H and O–H groups in total. The molecule has 1 aliphatic heterocycles. The number of piperidine rings is 1. The van der Waals surface area contributed by atoms with Crippen LogP contribution in [0, 0.1) is 10.1 Å². The Kier molecular flexibility index (Phi) is 4.89. The van der Waals surface area contributed by atoms with Crippen LogP contribution in [-0.2, 0) is 4.79 Å². The molecule has 0 spiro atoms. The van der Waals surface area contributed by atoms with Crippen LogP contribution in [0.2, 0.25) is 0 Å². The Balaban J connectivity index is 2.10. The third-order valence-corrected chi connectivity index (χ3v) is 4.59. The molecule has 1 amide bonds. The Morgan fingerprint density at radius 2 is 2.19 bits per heavy atom. The molecule has 1 fully saturated rings. The van der Waals surface area contributed by atoms with Gasteiger partial charge in [0.05, 0.1) is 9.80 Å². The zero-order chi connectivity index (χ0) is 15.4. The number of nitro groups is 1. The molecule has 1 aliphatic rings. The standard InChI is InChI=1S/C13H16N2O5S/c16-12(17)7-4-9-3-1-2-8-14(9)13(18)10-5-6-11(21-10)15(19)20/h5-6,9H,1-4,7-8H2,(H,16,17). The van der Waals surface area contributed by atoms with Gasteiger partial charge in [0.15, 0.2) is 0 Å². The number of nitrogens with zero attached hydrogens (tertiary/aromatic N) is 2. The lowest BCUT2D eigenvalue weighted by Crippen LogP contribution is -2.43. The minimum atomic E-state index is -0.875. The molecule has 0 radical (unpaired) electrons. The van der Waals surface area contributed by atoms with Crippen molar-refractivity contribution < 1.29 is 19.6 Å². The highest BCUT2D eigenvalue weighted by atomic mass is 32.1. The van der Waals surface area contributed by atoms with Crippen LogP contribution in [-0.4, -0.2) is 39.4 Å². The molecular formula is C13H16N2O5S. The lowest BCUT2D eigenvalue weighted by Gasteiger charge is -2.35. The van der Waals surface area contributed by atoms with Crippen LogP contribution in [0.1, 0.15) is 41.8 Å². The Morgan fingerprint density at radius 1 is 1.43 bits per heavy atom. The third-order valence-electron chi connectivity index (χ3n) is 3.56. The van der Waals surface area contributed by atoms with Crippen molar-refractivity contribution >= 4 is 28.2 Å². The number of carbonyl (C=O) groups excluding carboxylic acids is 1. The first-order valence-electron chi connectivity index (χ1n) is 6.76. The van der Waals surface area contributed by atoms with Gasteiger partial charge in [-0.1, -0.05) is 11.3 Å². The van der Waals surface area contributed by atoms with Gasteiger partial charge in [0.25, 0.3) is 5.91 Å². The number of hydrogen-bond acceptors (Lipinski definition) is 5. The van der Waals surface area contributed by atoms with Crippen molar-refractivity contribution in [3.05, 3.63) is 27.1 Å². The van der Waals surface area contributed by atoms with E-state index in [1.54, 1.807) is 4.90 Å². The van der Waals surface area contributed by atoms with Gasteiger partial charge in [-0.15, -0.1) is 0 Å². The fraction of sp³-hybridized carbons (Fsp3) is 0.538. The van der Waals surface area contributed by atoms with E-state index in [2.05, 4.69) is 0 Å². The zero-order valence-corrected chi connectivity index (χ0v) is 12.2. The lowest BCUT2D eigenvalue weighted by molar-refractivity contribution is -0.380. The molecule has 1 aromatic heterocycles. The molecular weight excluding hydrogens is 296 g/mol. The van der Waals surface area contributed by atoms with Gasteiger partial charge in [0, 0.05) is 25.1 Å². The third kappa shape index (κ3) is 3.78. The van der Waals surface area contributed by atoms with Gasteiger partial charge < -0.3 is 10.0 Å². The molecule has 2 heterocycles. The first-order chi connectivity index (χ1) is 9.99. The molecule has 1 atom stereocenters. The molecule has 2 rings (SSSR count). The average molecular weight is 312 g/mol. The van der Waals surface area contributed by atoms with Crippen LogP contribution in [0.4, 0.5) is 5.00 Å². The Bertz CT molecular complexity index is 557. The highest BCUT2D eigenvalue weighted by molar-refractivity contribution is 7.17. The normalized spacial score (nSPS) is 18.5. The first-order valence-corrected chi connectivity index (χ1v) is 7.57. The van der Waals surface area contributed by atoms with Gasteiger partial charge in [-0.3, -0.25) is 19.7 Å². The van der Waals surface area contributed by atoms with Crippen LogP contribution in [0.5, 0.6) is 0 Å². The smallest absolute Gasteiger partial charge is 0.324 e. The summed E-state index contributed by atoms with van der Waals surface area (Å²) in [5.41, 5.74) is 0. The van der Waals surface area contributed by atoms with Crippen molar-refractivity contribution in [2.75, 3.05) is 6.54 Å². The van der Waals surface area contributed by atoms with Crippen molar-refractivity contribution in [3.8, 4) is 0 Å². The fourth-order valence-corrected chi connectivity index (χ4v) is 3.32. The summed E-state index contributed by atoms with van der Waals surface area (Å²) in [6.45, 7) is 0.578. The van der Waals surface area contributed by atoms with Gasteiger partial charge in [0.2, 0.25) is 0 Å². The topological polar surface area (TPSA) is 101 Å². The fourth-order valence-electron chi connectivity index (χ4n) is 2.54. The number of aliphatic carboxylic acids is 1. The number of thiophene rings is 1. The van der Waals surface area contributed by atoms with Crippen LogP contribution in [0.25, 0.3) is 0 Å². The molecule has 0 aliphatic carbocycles. The summed E-state index contributed by atoms with van der Waals surface area (Å²) < 4.78 is 0. The minimum Gasteiger partial charge on any atom is -0.481 e. The van der Waals surface area contributed by atoms with Crippen LogP contribution < -0.4 is 0 Å². The van der Waals surface area contributed by atoms with E-state index in [1.165, 1.54) is 12.1 Å². The summed E-state index contributed by atoms with van der Waals surface area (Å²) in [4.78, 5) is 35.3. The number of carbonyl (C=O) groups is 2. The minimum absolute atomic E-state index is 0.0268. The molecule has 8 heteroatoms. The van der Waals surface area contributed by atoms with Crippen molar-refractivity contribution in [1.82, 2.24) is 4.90 Å². The maximum absolute atomic E-state index is 12.5. The molecule has 114 valence electrons. The number of amides is 1. The van der Waals surface area contributed by atoms with Crippen LogP contribution in [0.3, 0.4) is 0 Å². The number of rotatable bonds is 5. The SMILES string of the molecule is O=C(O)CCC1CCCCN1C(=O)c1ccc([N+](=O)[O-])s1. The summed E-state index contributed by atoms with van der Waals surface area (Å²) in [7, 11) is 0. The second kappa shape index (κ2) is 6.66. The van der Waals surface area contributed by atoms with Gasteiger partial charge in [-0.05, 0) is 31.7 Å². The second-order valence-corrected chi connectivity index (χ2v) is 6.04. The summed E-state index contributed by atoms with van der Waals surface area (Å²) in [6, 6.07) is 2.70.